The standard InChI is InChI=1S/C17H23NO3/c1-13(9-10-15-17(2,3)21-15)11-12-20-16(19)18-14-7-5-4-6-8-14/h4-8,11,15H,9-10,12H2,1-3H3,(H,18,19)/b13-11+. The molecule has 0 aliphatic carbocycles. The Morgan fingerprint density at radius 2 is 2.05 bits per heavy atom. The first-order valence-corrected chi connectivity index (χ1v) is 7.29. The molecule has 1 amide bonds. The molecule has 1 fully saturated rings. The number of anilines is 1. The summed E-state index contributed by atoms with van der Waals surface area (Å²) in [6, 6.07) is 9.26. The van der Waals surface area contributed by atoms with Crippen molar-refractivity contribution in [2.75, 3.05) is 11.9 Å². The van der Waals surface area contributed by atoms with Crippen molar-refractivity contribution in [2.24, 2.45) is 0 Å². The fraction of sp³-hybridized carbons (Fsp3) is 0.471. The second-order valence-electron chi connectivity index (χ2n) is 5.89. The van der Waals surface area contributed by atoms with Crippen LogP contribution in [0.4, 0.5) is 10.5 Å². The quantitative estimate of drug-likeness (QED) is 0.632. The zero-order chi connectivity index (χ0) is 15.3. The van der Waals surface area contributed by atoms with Crippen molar-refractivity contribution < 1.29 is 14.3 Å². The molecular weight excluding hydrogens is 266 g/mol. The molecule has 1 atom stereocenters. The predicted molar refractivity (Wildman–Crippen MR) is 83.4 cm³/mol. The summed E-state index contributed by atoms with van der Waals surface area (Å²) in [5, 5.41) is 2.68. The second-order valence-corrected chi connectivity index (χ2v) is 5.89. The van der Waals surface area contributed by atoms with Crippen LogP contribution in [0, 0.1) is 0 Å². The number of para-hydroxylation sites is 1. The van der Waals surface area contributed by atoms with Crippen LogP contribution in [0.5, 0.6) is 0 Å². The van der Waals surface area contributed by atoms with Crippen LogP contribution in [-0.4, -0.2) is 24.4 Å². The van der Waals surface area contributed by atoms with E-state index in [1.807, 2.05) is 43.3 Å². The molecule has 1 N–H and O–H groups in total. The molecule has 0 aromatic heterocycles. The summed E-state index contributed by atoms with van der Waals surface area (Å²) in [6.45, 7) is 6.55. The zero-order valence-corrected chi connectivity index (χ0v) is 12.9. The Hall–Kier alpha value is -1.81. The van der Waals surface area contributed by atoms with Gasteiger partial charge in [-0.15, -0.1) is 0 Å². The first-order chi connectivity index (χ1) is 9.97. The minimum absolute atomic E-state index is 0.0480. The van der Waals surface area contributed by atoms with Gasteiger partial charge in [0.2, 0.25) is 0 Å². The van der Waals surface area contributed by atoms with Gasteiger partial charge in [-0.05, 0) is 51.8 Å². The molecule has 1 aliphatic heterocycles. The van der Waals surface area contributed by atoms with Crippen LogP contribution >= 0.6 is 0 Å². The fourth-order valence-corrected chi connectivity index (χ4v) is 2.14. The minimum Gasteiger partial charge on any atom is -0.445 e. The molecule has 0 radical (unpaired) electrons. The van der Waals surface area contributed by atoms with Crippen molar-refractivity contribution in [1.29, 1.82) is 0 Å². The summed E-state index contributed by atoms with van der Waals surface area (Å²) >= 11 is 0. The van der Waals surface area contributed by atoms with Gasteiger partial charge in [0, 0.05) is 5.69 Å². The van der Waals surface area contributed by atoms with Gasteiger partial charge in [-0.25, -0.2) is 4.79 Å². The van der Waals surface area contributed by atoms with E-state index in [9.17, 15) is 4.79 Å². The molecule has 1 aliphatic rings. The summed E-state index contributed by atoms with van der Waals surface area (Å²) < 4.78 is 10.7. The van der Waals surface area contributed by atoms with E-state index in [0.717, 1.165) is 18.5 Å². The number of benzene rings is 1. The van der Waals surface area contributed by atoms with Crippen molar-refractivity contribution in [3.8, 4) is 0 Å². The fourth-order valence-electron chi connectivity index (χ4n) is 2.14. The van der Waals surface area contributed by atoms with Crippen molar-refractivity contribution >= 4 is 11.8 Å². The van der Waals surface area contributed by atoms with E-state index in [2.05, 4.69) is 19.2 Å². The number of nitrogens with one attached hydrogen (secondary N) is 1. The van der Waals surface area contributed by atoms with Gasteiger partial charge < -0.3 is 9.47 Å². The highest BCUT2D eigenvalue weighted by atomic mass is 16.6. The second kappa shape index (κ2) is 6.76. The number of hydrogen-bond donors (Lipinski definition) is 1. The molecule has 0 saturated carbocycles. The van der Waals surface area contributed by atoms with Crippen LogP contribution in [0.1, 0.15) is 33.6 Å². The Bertz CT molecular complexity index is 508. The summed E-state index contributed by atoms with van der Waals surface area (Å²) in [4.78, 5) is 11.6. The molecule has 4 nitrogen and oxygen atoms in total. The maximum atomic E-state index is 11.6. The van der Waals surface area contributed by atoms with Crippen LogP contribution in [0.15, 0.2) is 42.0 Å². The number of epoxide rings is 1. The largest absolute Gasteiger partial charge is 0.445 e. The first kappa shape index (κ1) is 15.6. The third-order valence-corrected chi connectivity index (χ3v) is 3.63. The molecule has 1 aromatic rings. The average Bonchev–Trinajstić information content (AvgIpc) is 3.05. The van der Waals surface area contributed by atoms with Gasteiger partial charge in [-0.2, -0.15) is 0 Å². The van der Waals surface area contributed by atoms with E-state index in [0.29, 0.717) is 12.7 Å². The Labute approximate surface area is 126 Å². The van der Waals surface area contributed by atoms with Crippen molar-refractivity contribution in [2.45, 2.75) is 45.3 Å². The summed E-state index contributed by atoms with van der Waals surface area (Å²) in [5.74, 6) is 0. The summed E-state index contributed by atoms with van der Waals surface area (Å²) in [7, 11) is 0. The molecule has 2 rings (SSSR count). The highest BCUT2D eigenvalue weighted by molar-refractivity contribution is 5.84. The van der Waals surface area contributed by atoms with Crippen molar-refractivity contribution in [1.82, 2.24) is 0 Å². The Morgan fingerprint density at radius 3 is 2.67 bits per heavy atom. The van der Waals surface area contributed by atoms with E-state index in [4.69, 9.17) is 9.47 Å². The highest BCUT2D eigenvalue weighted by Gasteiger charge is 2.46. The van der Waals surface area contributed by atoms with Crippen LogP contribution < -0.4 is 5.32 Å². The zero-order valence-electron chi connectivity index (χ0n) is 12.9. The first-order valence-electron chi connectivity index (χ1n) is 7.29. The van der Waals surface area contributed by atoms with Crippen molar-refractivity contribution in [3.05, 3.63) is 42.0 Å². The lowest BCUT2D eigenvalue weighted by molar-refractivity contribution is 0.174. The van der Waals surface area contributed by atoms with Crippen LogP contribution in [-0.2, 0) is 9.47 Å². The third-order valence-electron chi connectivity index (χ3n) is 3.63. The van der Waals surface area contributed by atoms with Crippen molar-refractivity contribution in [3.63, 3.8) is 0 Å². The number of amides is 1. The molecule has 1 unspecified atom stereocenters. The van der Waals surface area contributed by atoms with Gasteiger partial charge in [0.25, 0.3) is 0 Å². The molecule has 0 spiro atoms. The molecule has 0 bridgehead atoms. The van der Waals surface area contributed by atoms with Gasteiger partial charge in [0.1, 0.15) is 6.61 Å². The SMILES string of the molecule is C/C(=C\COC(=O)Nc1ccccc1)CCC1OC1(C)C. The third kappa shape index (κ3) is 5.23. The Balaban J connectivity index is 1.63. The molecular formula is C17H23NO3. The Kier molecular flexibility index (Phi) is 5.02. The van der Waals surface area contributed by atoms with Gasteiger partial charge >= 0.3 is 6.09 Å². The maximum absolute atomic E-state index is 11.6. The van der Waals surface area contributed by atoms with Crippen LogP contribution in [0.25, 0.3) is 0 Å². The summed E-state index contributed by atoms with van der Waals surface area (Å²) in [6.07, 6.45) is 3.86. The number of carbonyl (C=O) groups excluding carboxylic acids is 1. The average molecular weight is 289 g/mol. The number of ether oxygens (including phenoxy) is 2. The molecule has 21 heavy (non-hydrogen) atoms. The van der Waals surface area contributed by atoms with Gasteiger partial charge in [0.05, 0.1) is 11.7 Å². The lowest BCUT2D eigenvalue weighted by Gasteiger charge is -2.05. The number of hydrogen-bond acceptors (Lipinski definition) is 3. The van der Waals surface area contributed by atoms with E-state index in [1.165, 1.54) is 5.57 Å². The molecule has 1 saturated heterocycles. The number of allylic oxidation sites excluding steroid dienone is 1. The van der Waals surface area contributed by atoms with E-state index in [1.54, 1.807) is 0 Å². The van der Waals surface area contributed by atoms with Gasteiger partial charge in [-0.1, -0.05) is 23.8 Å². The molecule has 1 aromatic carbocycles. The van der Waals surface area contributed by atoms with Crippen LogP contribution in [0.3, 0.4) is 0 Å². The normalized spacial score (nSPS) is 20.0. The predicted octanol–water partition coefficient (Wildman–Crippen LogP) is 4.14. The summed E-state index contributed by atoms with van der Waals surface area (Å²) in [5.41, 5.74) is 2.00. The topological polar surface area (TPSA) is 50.9 Å². The lowest BCUT2D eigenvalue weighted by atomic mass is 10.0. The van der Waals surface area contributed by atoms with Gasteiger partial charge in [0.15, 0.2) is 0 Å². The molecule has 1 heterocycles. The van der Waals surface area contributed by atoms with Crippen LogP contribution in [0.2, 0.25) is 0 Å². The maximum Gasteiger partial charge on any atom is 0.411 e. The Morgan fingerprint density at radius 1 is 1.38 bits per heavy atom. The monoisotopic (exact) mass is 289 g/mol. The van der Waals surface area contributed by atoms with E-state index >= 15 is 0 Å². The number of rotatable bonds is 6. The van der Waals surface area contributed by atoms with E-state index in [-0.39, 0.29) is 5.60 Å². The molecule has 114 valence electrons. The molecule has 4 heteroatoms. The lowest BCUT2D eigenvalue weighted by Crippen LogP contribution is -2.13. The van der Waals surface area contributed by atoms with Gasteiger partial charge in [-0.3, -0.25) is 5.32 Å². The smallest absolute Gasteiger partial charge is 0.411 e. The minimum atomic E-state index is -0.433. The number of carbonyl (C=O) groups is 1. The highest BCUT2D eigenvalue weighted by Crippen LogP contribution is 2.38. The van der Waals surface area contributed by atoms with E-state index < -0.39 is 6.09 Å².